The minimum Gasteiger partial charge on any atom is -0.467 e. The van der Waals surface area contributed by atoms with Gasteiger partial charge in [0.05, 0.1) is 6.26 Å². The average Bonchev–Trinajstić information content (AvgIpc) is 3.25. The Bertz CT molecular complexity index is 846. The highest BCUT2D eigenvalue weighted by atomic mass is 16.3. The third-order valence-corrected chi connectivity index (χ3v) is 4.17. The van der Waals surface area contributed by atoms with Crippen molar-refractivity contribution >= 4 is 11.8 Å². The molecule has 0 aliphatic heterocycles. The molecule has 0 aliphatic rings. The number of nitrogens with one attached hydrogen (secondary N) is 2. The van der Waals surface area contributed by atoms with E-state index in [9.17, 15) is 9.59 Å². The lowest BCUT2D eigenvalue weighted by atomic mass is 10.0. The molecular formula is C22H22N2O3. The number of hydrogen-bond acceptors (Lipinski definition) is 3. The first-order valence-corrected chi connectivity index (χ1v) is 8.95. The summed E-state index contributed by atoms with van der Waals surface area (Å²) in [5.41, 5.74) is 1.57. The fourth-order valence-corrected chi connectivity index (χ4v) is 2.80. The molecule has 1 atom stereocenters. The van der Waals surface area contributed by atoms with Crippen LogP contribution in [0.5, 0.6) is 0 Å². The number of rotatable bonds is 8. The van der Waals surface area contributed by atoms with Crippen LogP contribution in [0.2, 0.25) is 0 Å². The summed E-state index contributed by atoms with van der Waals surface area (Å²) in [6, 6.07) is 22.0. The van der Waals surface area contributed by atoms with Crippen molar-refractivity contribution in [3.63, 3.8) is 0 Å². The largest absolute Gasteiger partial charge is 0.467 e. The normalized spacial score (nSPS) is 11.6. The second kappa shape index (κ2) is 9.38. The van der Waals surface area contributed by atoms with Crippen LogP contribution in [0.3, 0.4) is 0 Å². The number of benzene rings is 2. The Morgan fingerprint density at radius 2 is 1.59 bits per heavy atom. The zero-order valence-corrected chi connectivity index (χ0v) is 14.9. The van der Waals surface area contributed by atoms with Gasteiger partial charge in [0.2, 0.25) is 5.91 Å². The van der Waals surface area contributed by atoms with Crippen molar-refractivity contribution in [1.29, 1.82) is 0 Å². The van der Waals surface area contributed by atoms with Gasteiger partial charge in [-0.05, 0) is 36.2 Å². The second-order valence-corrected chi connectivity index (χ2v) is 6.15. The molecule has 0 bridgehead atoms. The summed E-state index contributed by atoms with van der Waals surface area (Å²) in [6.45, 7) is 0.442. The predicted octanol–water partition coefficient (Wildman–Crippen LogP) is 3.70. The monoisotopic (exact) mass is 362 g/mol. The quantitative estimate of drug-likeness (QED) is 0.600. The molecule has 1 unspecified atom stereocenters. The van der Waals surface area contributed by atoms with Gasteiger partial charge in [-0.2, -0.15) is 0 Å². The Balaban J connectivity index is 1.49. The van der Waals surface area contributed by atoms with E-state index in [0.29, 0.717) is 30.7 Å². The summed E-state index contributed by atoms with van der Waals surface area (Å²) in [6.07, 6.45) is 2.47. The van der Waals surface area contributed by atoms with Crippen LogP contribution in [0.15, 0.2) is 83.5 Å². The molecular weight excluding hydrogens is 340 g/mol. The lowest BCUT2D eigenvalue weighted by Gasteiger charge is -2.17. The Labute approximate surface area is 158 Å². The summed E-state index contributed by atoms with van der Waals surface area (Å²) in [7, 11) is 0. The number of carbonyl (C=O) groups excluding carboxylic acids is 2. The third kappa shape index (κ3) is 5.31. The van der Waals surface area contributed by atoms with Crippen molar-refractivity contribution in [1.82, 2.24) is 10.6 Å². The lowest BCUT2D eigenvalue weighted by Crippen LogP contribution is -2.30. The van der Waals surface area contributed by atoms with Crippen LogP contribution in [0.4, 0.5) is 0 Å². The smallest absolute Gasteiger partial charge is 0.251 e. The first kappa shape index (κ1) is 18.5. The van der Waals surface area contributed by atoms with E-state index < -0.39 is 0 Å². The standard InChI is InChI=1S/C22H22N2O3/c25-20(14-7-15-23-22(26)18-11-5-2-6-12-18)24-21(19-13-8-16-27-19)17-9-3-1-4-10-17/h1-6,8-13,16,21H,7,14-15H2,(H,23,26)(H,24,25). The Kier molecular flexibility index (Phi) is 6.41. The molecule has 1 aromatic heterocycles. The van der Waals surface area contributed by atoms with Crippen LogP contribution in [0.1, 0.15) is 40.6 Å². The van der Waals surface area contributed by atoms with Gasteiger partial charge < -0.3 is 15.1 Å². The van der Waals surface area contributed by atoms with Crippen LogP contribution in [-0.4, -0.2) is 18.4 Å². The van der Waals surface area contributed by atoms with Crippen LogP contribution < -0.4 is 10.6 Å². The van der Waals surface area contributed by atoms with Crippen molar-refractivity contribution in [2.24, 2.45) is 0 Å². The van der Waals surface area contributed by atoms with E-state index in [2.05, 4.69) is 10.6 Å². The Morgan fingerprint density at radius 3 is 2.26 bits per heavy atom. The summed E-state index contributed by atoms with van der Waals surface area (Å²) in [5, 5.41) is 5.84. The molecule has 0 spiro atoms. The maximum atomic E-state index is 12.4. The van der Waals surface area contributed by atoms with E-state index in [1.807, 2.05) is 54.6 Å². The SMILES string of the molecule is O=C(CCCNC(=O)c1ccccc1)NC(c1ccccc1)c1ccco1. The van der Waals surface area contributed by atoms with Gasteiger partial charge in [-0.3, -0.25) is 9.59 Å². The third-order valence-electron chi connectivity index (χ3n) is 4.17. The maximum absolute atomic E-state index is 12.4. The minimum absolute atomic E-state index is 0.0887. The first-order chi connectivity index (χ1) is 13.2. The van der Waals surface area contributed by atoms with E-state index in [1.54, 1.807) is 24.5 Å². The molecule has 0 fully saturated rings. The lowest BCUT2D eigenvalue weighted by molar-refractivity contribution is -0.121. The molecule has 0 aliphatic carbocycles. The minimum atomic E-state index is -0.326. The average molecular weight is 362 g/mol. The van der Waals surface area contributed by atoms with E-state index in [4.69, 9.17) is 4.42 Å². The molecule has 2 aromatic carbocycles. The van der Waals surface area contributed by atoms with Crippen molar-refractivity contribution in [3.8, 4) is 0 Å². The maximum Gasteiger partial charge on any atom is 0.251 e. The Morgan fingerprint density at radius 1 is 0.889 bits per heavy atom. The van der Waals surface area contributed by atoms with Gasteiger partial charge in [-0.1, -0.05) is 48.5 Å². The molecule has 0 saturated carbocycles. The van der Waals surface area contributed by atoms with Crippen molar-refractivity contribution < 1.29 is 14.0 Å². The molecule has 5 heteroatoms. The highest BCUT2D eigenvalue weighted by Crippen LogP contribution is 2.22. The highest BCUT2D eigenvalue weighted by molar-refractivity contribution is 5.94. The van der Waals surface area contributed by atoms with Crippen molar-refractivity contribution in [2.75, 3.05) is 6.54 Å². The molecule has 1 heterocycles. The summed E-state index contributed by atoms with van der Waals surface area (Å²) in [4.78, 5) is 24.4. The van der Waals surface area contributed by atoms with Gasteiger partial charge in [0, 0.05) is 18.5 Å². The Hall–Kier alpha value is -3.34. The number of hydrogen-bond donors (Lipinski definition) is 2. The molecule has 3 aromatic rings. The van der Waals surface area contributed by atoms with E-state index in [0.717, 1.165) is 5.56 Å². The predicted molar refractivity (Wildman–Crippen MR) is 103 cm³/mol. The molecule has 5 nitrogen and oxygen atoms in total. The molecule has 27 heavy (non-hydrogen) atoms. The number of carbonyl (C=O) groups is 2. The number of amides is 2. The van der Waals surface area contributed by atoms with Gasteiger partial charge in [0.1, 0.15) is 11.8 Å². The fourth-order valence-electron chi connectivity index (χ4n) is 2.80. The van der Waals surface area contributed by atoms with Gasteiger partial charge >= 0.3 is 0 Å². The zero-order valence-electron chi connectivity index (χ0n) is 14.9. The van der Waals surface area contributed by atoms with Gasteiger partial charge in [0.25, 0.3) is 5.91 Å². The van der Waals surface area contributed by atoms with Gasteiger partial charge in [-0.15, -0.1) is 0 Å². The molecule has 0 saturated heterocycles. The fraction of sp³-hybridized carbons (Fsp3) is 0.182. The zero-order chi connectivity index (χ0) is 18.9. The second-order valence-electron chi connectivity index (χ2n) is 6.15. The van der Waals surface area contributed by atoms with Gasteiger partial charge in [0.15, 0.2) is 0 Å². The summed E-state index contributed by atoms with van der Waals surface area (Å²) < 4.78 is 5.49. The van der Waals surface area contributed by atoms with Crippen LogP contribution in [0.25, 0.3) is 0 Å². The highest BCUT2D eigenvalue weighted by Gasteiger charge is 2.18. The van der Waals surface area contributed by atoms with Gasteiger partial charge in [-0.25, -0.2) is 0 Å². The summed E-state index contributed by atoms with van der Waals surface area (Å²) in [5.74, 6) is 0.467. The molecule has 3 rings (SSSR count). The van der Waals surface area contributed by atoms with E-state index in [1.165, 1.54) is 0 Å². The van der Waals surface area contributed by atoms with Crippen molar-refractivity contribution in [2.45, 2.75) is 18.9 Å². The van der Waals surface area contributed by atoms with E-state index in [-0.39, 0.29) is 17.9 Å². The van der Waals surface area contributed by atoms with E-state index >= 15 is 0 Å². The number of furan rings is 1. The summed E-state index contributed by atoms with van der Waals surface area (Å²) >= 11 is 0. The van der Waals surface area contributed by atoms with Crippen LogP contribution >= 0.6 is 0 Å². The molecule has 138 valence electrons. The molecule has 0 radical (unpaired) electrons. The molecule has 2 amide bonds. The molecule has 2 N–H and O–H groups in total. The topological polar surface area (TPSA) is 71.3 Å². The van der Waals surface area contributed by atoms with Crippen LogP contribution in [-0.2, 0) is 4.79 Å². The van der Waals surface area contributed by atoms with Crippen molar-refractivity contribution in [3.05, 3.63) is 95.9 Å². The van der Waals surface area contributed by atoms with Crippen LogP contribution in [0, 0.1) is 0 Å². The first-order valence-electron chi connectivity index (χ1n) is 8.95.